The fourth-order valence-corrected chi connectivity index (χ4v) is 1.25. The van der Waals surface area contributed by atoms with Crippen LogP contribution < -0.4 is 5.32 Å². The zero-order valence-electron chi connectivity index (χ0n) is 6.30. The van der Waals surface area contributed by atoms with Gasteiger partial charge in [-0.2, -0.15) is 0 Å². The maximum atomic E-state index is 12.6. The van der Waals surface area contributed by atoms with E-state index >= 15 is 0 Å². The molecule has 1 aromatic rings. The van der Waals surface area contributed by atoms with Gasteiger partial charge in [0.05, 0.1) is 17.5 Å². The quantitative estimate of drug-likeness (QED) is 0.610. The zero-order chi connectivity index (χ0) is 8.55. The van der Waals surface area contributed by atoms with E-state index in [0.717, 1.165) is 6.20 Å². The Balaban J connectivity index is 2.54. The standard InChI is InChI=1S/C8H7FN2O/c9-5-3-6-7(11-4-5)1-2-10-8(6)12/h3-4H,1-2H2,(H,10,12). The first-order chi connectivity index (χ1) is 5.77. The van der Waals surface area contributed by atoms with Crippen molar-refractivity contribution in [2.24, 2.45) is 0 Å². The van der Waals surface area contributed by atoms with Gasteiger partial charge in [-0.25, -0.2) is 4.39 Å². The molecule has 0 unspecified atom stereocenters. The molecule has 0 saturated heterocycles. The molecular weight excluding hydrogens is 159 g/mol. The summed E-state index contributed by atoms with van der Waals surface area (Å²) in [5, 5.41) is 2.62. The van der Waals surface area contributed by atoms with Crippen molar-refractivity contribution in [2.45, 2.75) is 6.42 Å². The first-order valence-electron chi connectivity index (χ1n) is 3.70. The van der Waals surface area contributed by atoms with E-state index in [-0.39, 0.29) is 5.91 Å². The summed E-state index contributed by atoms with van der Waals surface area (Å²) in [5.41, 5.74) is 1.04. The molecule has 0 aliphatic carbocycles. The summed E-state index contributed by atoms with van der Waals surface area (Å²) >= 11 is 0. The van der Waals surface area contributed by atoms with Crippen molar-refractivity contribution in [3.05, 3.63) is 29.3 Å². The Morgan fingerprint density at radius 2 is 2.42 bits per heavy atom. The van der Waals surface area contributed by atoms with Gasteiger partial charge in [-0.05, 0) is 6.07 Å². The number of hydrogen-bond acceptors (Lipinski definition) is 2. The molecular formula is C8H7FN2O. The summed E-state index contributed by atoms with van der Waals surface area (Å²) in [6.45, 7) is 0.588. The molecule has 0 saturated carbocycles. The summed E-state index contributed by atoms with van der Waals surface area (Å²) < 4.78 is 12.6. The maximum absolute atomic E-state index is 12.6. The molecule has 1 aromatic heterocycles. The van der Waals surface area contributed by atoms with Gasteiger partial charge in [0.1, 0.15) is 5.82 Å². The van der Waals surface area contributed by atoms with Crippen molar-refractivity contribution in [1.82, 2.24) is 10.3 Å². The van der Waals surface area contributed by atoms with Crippen molar-refractivity contribution >= 4 is 5.91 Å². The minimum Gasteiger partial charge on any atom is -0.352 e. The highest BCUT2D eigenvalue weighted by Crippen LogP contribution is 2.11. The smallest absolute Gasteiger partial charge is 0.253 e. The van der Waals surface area contributed by atoms with Crippen molar-refractivity contribution in [1.29, 1.82) is 0 Å². The fourth-order valence-electron chi connectivity index (χ4n) is 1.25. The van der Waals surface area contributed by atoms with Crippen LogP contribution in [0, 0.1) is 5.82 Å². The second kappa shape index (κ2) is 2.55. The van der Waals surface area contributed by atoms with Crippen LogP contribution in [0.3, 0.4) is 0 Å². The summed E-state index contributed by atoms with van der Waals surface area (Å²) in [7, 11) is 0. The van der Waals surface area contributed by atoms with Gasteiger partial charge in [0, 0.05) is 13.0 Å². The Kier molecular flexibility index (Phi) is 1.53. The van der Waals surface area contributed by atoms with E-state index in [0.29, 0.717) is 24.2 Å². The number of pyridine rings is 1. The molecule has 2 rings (SSSR count). The fraction of sp³-hybridized carbons (Fsp3) is 0.250. The maximum Gasteiger partial charge on any atom is 0.253 e. The second-order valence-electron chi connectivity index (χ2n) is 2.65. The Morgan fingerprint density at radius 3 is 3.25 bits per heavy atom. The summed E-state index contributed by atoms with van der Waals surface area (Å²) in [5.74, 6) is -0.700. The van der Waals surface area contributed by atoms with E-state index in [4.69, 9.17) is 0 Å². The average Bonchev–Trinajstić information content (AvgIpc) is 2.07. The number of carbonyl (C=O) groups excluding carboxylic acids is 1. The number of amides is 1. The van der Waals surface area contributed by atoms with E-state index < -0.39 is 5.82 Å². The molecule has 4 heteroatoms. The predicted molar refractivity (Wildman–Crippen MR) is 40.2 cm³/mol. The number of halogens is 1. The Bertz CT molecular complexity index is 338. The van der Waals surface area contributed by atoms with Gasteiger partial charge in [-0.3, -0.25) is 9.78 Å². The Morgan fingerprint density at radius 1 is 1.58 bits per heavy atom. The first kappa shape index (κ1) is 7.21. The Hall–Kier alpha value is -1.45. The lowest BCUT2D eigenvalue weighted by Gasteiger charge is -2.14. The molecule has 0 radical (unpaired) electrons. The molecule has 1 aliphatic heterocycles. The first-order valence-corrected chi connectivity index (χ1v) is 3.70. The van der Waals surface area contributed by atoms with Crippen LogP contribution in [0.25, 0.3) is 0 Å². The molecule has 62 valence electrons. The lowest BCUT2D eigenvalue weighted by atomic mass is 10.1. The minimum atomic E-state index is -0.467. The lowest BCUT2D eigenvalue weighted by molar-refractivity contribution is 0.0944. The van der Waals surface area contributed by atoms with Crippen LogP contribution in [0.5, 0.6) is 0 Å². The number of carbonyl (C=O) groups is 1. The molecule has 2 heterocycles. The van der Waals surface area contributed by atoms with E-state index in [1.54, 1.807) is 0 Å². The third-order valence-electron chi connectivity index (χ3n) is 1.83. The summed E-state index contributed by atoms with van der Waals surface area (Å²) in [4.78, 5) is 15.0. The van der Waals surface area contributed by atoms with E-state index in [2.05, 4.69) is 10.3 Å². The molecule has 1 aliphatic rings. The van der Waals surface area contributed by atoms with Gasteiger partial charge in [0.15, 0.2) is 0 Å². The number of nitrogens with one attached hydrogen (secondary N) is 1. The van der Waals surface area contributed by atoms with Gasteiger partial charge in [-0.1, -0.05) is 0 Å². The number of nitrogens with zero attached hydrogens (tertiary/aromatic N) is 1. The molecule has 0 atom stereocenters. The van der Waals surface area contributed by atoms with E-state index in [9.17, 15) is 9.18 Å². The molecule has 0 aromatic carbocycles. The number of hydrogen-bond donors (Lipinski definition) is 1. The molecule has 0 spiro atoms. The number of aromatic nitrogens is 1. The second-order valence-corrected chi connectivity index (χ2v) is 2.65. The van der Waals surface area contributed by atoms with Crippen LogP contribution in [0.1, 0.15) is 16.1 Å². The molecule has 1 amide bonds. The van der Waals surface area contributed by atoms with Crippen molar-refractivity contribution < 1.29 is 9.18 Å². The van der Waals surface area contributed by atoms with Crippen LogP contribution in [-0.4, -0.2) is 17.4 Å². The highest BCUT2D eigenvalue weighted by molar-refractivity contribution is 5.96. The van der Waals surface area contributed by atoms with Crippen LogP contribution in [0.4, 0.5) is 4.39 Å². The number of fused-ring (bicyclic) bond motifs is 1. The van der Waals surface area contributed by atoms with Gasteiger partial charge < -0.3 is 5.32 Å². The third kappa shape index (κ3) is 1.05. The zero-order valence-corrected chi connectivity index (χ0v) is 6.30. The largest absolute Gasteiger partial charge is 0.352 e. The SMILES string of the molecule is O=C1NCCc2ncc(F)cc21. The van der Waals surface area contributed by atoms with Crippen LogP contribution >= 0.6 is 0 Å². The Labute approximate surface area is 68.6 Å². The molecule has 0 fully saturated rings. The van der Waals surface area contributed by atoms with Crippen molar-refractivity contribution in [3.8, 4) is 0 Å². The third-order valence-corrected chi connectivity index (χ3v) is 1.83. The minimum absolute atomic E-state index is 0.233. The van der Waals surface area contributed by atoms with Gasteiger partial charge >= 0.3 is 0 Å². The molecule has 3 nitrogen and oxygen atoms in total. The highest BCUT2D eigenvalue weighted by atomic mass is 19.1. The van der Waals surface area contributed by atoms with Crippen LogP contribution in [0.15, 0.2) is 12.3 Å². The number of rotatable bonds is 0. The molecule has 1 N–H and O–H groups in total. The van der Waals surface area contributed by atoms with E-state index in [1.807, 2.05) is 0 Å². The van der Waals surface area contributed by atoms with Gasteiger partial charge in [0.25, 0.3) is 5.91 Å². The van der Waals surface area contributed by atoms with E-state index in [1.165, 1.54) is 6.07 Å². The van der Waals surface area contributed by atoms with Crippen LogP contribution in [0.2, 0.25) is 0 Å². The molecule has 0 bridgehead atoms. The summed E-state index contributed by atoms with van der Waals surface area (Å²) in [6.07, 6.45) is 1.82. The lowest BCUT2D eigenvalue weighted by Crippen LogP contribution is -2.32. The topological polar surface area (TPSA) is 42.0 Å². The normalized spacial score (nSPS) is 15.2. The van der Waals surface area contributed by atoms with Crippen molar-refractivity contribution in [2.75, 3.05) is 6.54 Å². The van der Waals surface area contributed by atoms with Gasteiger partial charge in [-0.15, -0.1) is 0 Å². The highest BCUT2D eigenvalue weighted by Gasteiger charge is 2.17. The van der Waals surface area contributed by atoms with Crippen LogP contribution in [-0.2, 0) is 6.42 Å². The molecule has 12 heavy (non-hydrogen) atoms. The monoisotopic (exact) mass is 166 g/mol. The average molecular weight is 166 g/mol. The summed E-state index contributed by atoms with van der Waals surface area (Å²) in [6, 6.07) is 1.22. The van der Waals surface area contributed by atoms with Crippen molar-refractivity contribution in [3.63, 3.8) is 0 Å². The van der Waals surface area contributed by atoms with Gasteiger partial charge in [0.2, 0.25) is 0 Å². The predicted octanol–water partition coefficient (Wildman–Crippen LogP) is 0.507.